The van der Waals surface area contributed by atoms with Crippen LogP contribution < -0.4 is 27.0 Å². The summed E-state index contributed by atoms with van der Waals surface area (Å²) in [5.74, 6) is -6.21. The number of unbranched alkanes of at least 4 members (excludes halogenated alkanes) is 1. The van der Waals surface area contributed by atoms with E-state index in [9.17, 15) is 39.0 Å². The number of para-hydroxylation sites is 1. The highest BCUT2D eigenvalue weighted by molar-refractivity contribution is 5.97. The minimum Gasteiger partial charge on any atom is -0.396 e. The minimum atomic E-state index is -1.28. The summed E-state index contributed by atoms with van der Waals surface area (Å²) in [5, 5.41) is 33.1. The van der Waals surface area contributed by atoms with Crippen LogP contribution in [0.15, 0.2) is 30.5 Å². The highest BCUT2D eigenvalue weighted by Crippen LogP contribution is 2.21. The van der Waals surface area contributed by atoms with Crippen LogP contribution in [0.3, 0.4) is 0 Å². The second-order valence-electron chi connectivity index (χ2n) is 16.0. The number of aliphatic hydroxyl groups is 2. The predicted molar refractivity (Wildman–Crippen MR) is 231 cm³/mol. The summed E-state index contributed by atoms with van der Waals surface area (Å²) in [5.41, 5.74) is 7.35. The number of amides is 3. The first-order valence-corrected chi connectivity index (χ1v) is 21.6. The summed E-state index contributed by atoms with van der Waals surface area (Å²) in [4.78, 5) is 83.4. The van der Waals surface area contributed by atoms with Crippen molar-refractivity contribution < 1.29 is 53.2 Å². The van der Waals surface area contributed by atoms with Crippen LogP contribution in [0.4, 0.5) is 0 Å². The fourth-order valence-corrected chi connectivity index (χ4v) is 6.70. The number of benzene rings is 1. The van der Waals surface area contributed by atoms with Gasteiger partial charge in [0.25, 0.3) is 0 Å². The van der Waals surface area contributed by atoms with Crippen molar-refractivity contribution >= 4 is 46.0 Å². The van der Waals surface area contributed by atoms with Crippen LogP contribution in [-0.2, 0) is 49.4 Å². The highest BCUT2D eigenvalue weighted by Gasteiger charge is 2.35. The molecule has 1 heterocycles. The standard InChI is InChI=1S/C44H72N6O11/c1-7-38(53)37(22-31-25-47-35-13-9-8-12-33(31)35)49-44(58)34(30(6)52)24-40(55)42(28(2)3)50-43(57)32(26-51)23-39(54)36(14-10-11-15-45)48-41(56)27-61-21-20-60-19-18-59-17-16-46-29(4)5/h8-9,12-13,25,28-30,32,34,36-37,42,46-47,51-52H,7,10-11,14-24,26-27,45H2,1-6H3,(H,48,56)(H,49,58)(H,50,57)/t30-,32+,34+,36+,37+,42+/m1/s1. The van der Waals surface area contributed by atoms with E-state index in [4.69, 9.17) is 19.9 Å². The van der Waals surface area contributed by atoms with E-state index in [1.165, 1.54) is 6.92 Å². The second kappa shape index (κ2) is 29.2. The molecule has 1 aromatic carbocycles. The van der Waals surface area contributed by atoms with E-state index in [1.54, 1.807) is 27.0 Å². The van der Waals surface area contributed by atoms with Crippen molar-refractivity contribution in [3.63, 3.8) is 0 Å². The molecule has 344 valence electrons. The summed E-state index contributed by atoms with van der Waals surface area (Å²) in [7, 11) is 0. The molecule has 9 N–H and O–H groups in total. The summed E-state index contributed by atoms with van der Waals surface area (Å²) in [6, 6.07) is 4.93. The van der Waals surface area contributed by atoms with Crippen LogP contribution in [0.25, 0.3) is 10.9 Å². The summed E-state index contributed by atoms with van der Waals surface area (Å²) in [6.07, 6.45) is 1.34. The number of carbonyl (C=O) groups excluding carboxylic acids is 6. The lowest BCUT2D eigenvalue weighted by molar-refractivity contribution is -0.138. The topological polar surface area (TPSA) is 260 Å². The minimum absolute atomic E-state index is 0.143. The number of Topliss-reactive ketones (excluding diaryl/α,β-unsaturated/α-hetero) is 3. The SMILES string of the molecule is CCC(=O)[C@H](Cc1c[nH]c2ccccc12)NC(=O)[C@@H](CC(=O)[C@@H](NC(=O)[C@H](CO)CC(=O)[C@H](CCCCN)NC(=O)COCCOCCOCCNC(C)C)C(C)C)[C@@H](C)O. The van der Waals surface area contributed by atoms with Crippen molar-refractivity contribution in [2.45, 2.75) is 117 Å². The number of nitrogens with two attached hydrogens (primary N) is 1. The molecule has 3 amide bonds. The van der Waals surface area contributed by atoms with Gasteiger partial charge in [-0.2, -0.15) is 0 Å². The van der Waals surface area contributed by atoms with E-state index in [0.29, 0.717) is 45.2 Å². The Morgan fingerprint density at radius 3 is 2.08 bits per heavy atom. The molecule has 0 unspecified atom stereocenters. The average molecular weight is 861 g/mol. The molecule has 17 heteroatoms. The van der Waals surface area contributed by atoms with Crippen LogP contribution in [0.1, 0.15) is 85.6 Å². The van der Waals surface area contributed by atoms with Gasteiger partial charge in [-0.3, -0.25) is 28.8 Å². The van der Waals surface area contributed by atoms with Gasteiger partial charge in [-0.1, -0.05) is 52.8 Å². The number of ether oxygens (including phenoxy) is 3. The first kappa shape index (κ1) is 53.0. The second-order valence-corrected chi connectivity index (χ2v) is 16.0. The number of hydrogen-bond donors (Lipinski definition) is 8. The smallest absolute Gasteiger partial charge is 0.246 e. The lowest BCUT2D eigenvalue weighted by Gasteiger charge is -2.27. The number of hydrogen-bond acceptors (Lipinski definition) is 13. The molecule has 2 rings (SSSR count). The van der Waals surface area contributed by atoms with Crippen molar-refractivity contribution in [3.8, 4) is 0 Å². The molecule has 0 radical (unpaired) electrons. The molecule has 0 aliphatic carbocycles. The first-order valence-electron chi connectivity index (χ1n) is 21.6. The lowest BCUT2D eigenvalue weighted by atomic mass is 9.88. The Balaban J connectivity index is 2.00. The first-order chi connectivity index (χ1) is 29.1. The number of nitrogens with one attached hydrogen (secondary N) is 5. The maximum absolute atomic E-state index is 13.8. The van der Waals surface area contributed by atoms with E-state index in [1.807, 2.05) is 24.3 Å². The van der Waals surface area contributed by atoms with Crippen molar-refractivity contribution in [3.05, 3.63) is 36.0 Å². The van der Waals surface area contributed by atoms with Gasteiger partial charge in [0, 0.05) is 55.4 Å². The Labute approximate surface area is 360 Å². The predicted octanol–water partition coefficient (Wildman–Crippen LogP) is 1.50. The summed E-state index contributed by atoms with van der Waals surface area (Å²) in [6.45, 7) is 12.4. The Morgan fingerprint density at radius 1 is 0.787 bits per heavy atom. The van der Waals surface area contributed by atoms with Crippen LogP contribution in [0.2, 0.25) is 0 Å². The van der Waals surface area contributed by atoms with Gasteiger partial charge in [-0.15, -0.1) is 0 Å². The molecule has 0 spiro atoms. The van der Waals surface area contributed by atoms with E-state index in [2.05, 4.69) is 40.1 Å². The molecule has 0 aliphatic rings. The monoisotopic (exact) mass is 861 g/mol. The molecule has 0 saturated heterocycles. The number of aliphatic hydroxyl groups excluding tert-OH is 2. The number of aromatic amines is 1. The third-order valence-corrected chi connectivity index (χ3v) is 10.3. The zero-order chi connectivity index (χ0) is 45.3. The molecule has 0 aliphatic heterocycles. The largest absolute Gasteiger partial charge is 0.396 e. The summed E-state index contributed by atoms with van der Waals surface area (Å²) >= 11 is 0. The van der Waals surface area contributed by atoms with Gasteiger partial charge in [-0.25, -0.2) is 0 Å². The zero-order valence-corrected chi connectivity index (χ0v) is 37.0. The third-order valence-electron chi connectivity index (χ3n) is 10.3. The molecule has 61 heavy (non-hydrogen) atoms. The normalized spacial score (nSPS) is 14.6. The number of ketones is 3. The quantitative estimate of drug-likeness (QED) is 0.0465. The number of fused-ring (bicyclic) bond motifs is 1. The Morgan fingerprint density at radius 2 is 1.46 bits per heavy atom. The maximum Gasteiger partial charge on any atom is 0.246 e. The molecule has 0 fully saturated rings. The Kier molecular flexibility index (Phi) is 25.4. The number of aromatic nitrogens is 1. The van der Waals surface area contributed by atoms with Gasteiger partial charge in [0.05, 0.1) is 75.7 Å². The van der Waals surface area contributed by atoms with Crippen molar-refractivity contribution in [1.82, 2.24) is 26.3 Å². The van der Waals surface area contributed by atoms with Gasteiger partial charge in [0.1, 0.15) is 6.61 Å². The maximum atomic E-state index is 13.8. The number of H-pyrrole nitrogens is 1. The molecule has 0 bridgehead atoms. The number of carbonyl (C=O) groups is 6. The molecule has 0 saturated carbocycles. The fourth-order valence-electron chi connectivity index (χ4n) is 6.70. The van der Waals surface area contributed by atoms with Gasteiger partial charge < -0.3 is 56.4 Å². The molecule has 1 aromatic heterocycles. The Hall–Kier alpha value is -4.10. The molecule has 2 aromatic rings. The molecular weight excluding hydrogens is 789 g/mol. The van der Waals surface area contributed by atoms with Crippen LogP contribution in [0.5, 0.6) is 0 Å². The number of rotatable bonds is 34. The Bertz CT molecular complexity index is 1650. The zero-order valence-electron chi connectivity index (χ0n) is 37.0. The van der Waals surface area contributed by atoms with Gasteiger partial charge in [0.15, 0.2) is 17.3 Å². The third kappa shape index (κ3) is 19.7. The van der Waals surface area contributed by atoms with Crippen LogP contribution in [0, 0.1) is 17.8 Å². The van der Waals surface area contributed by atoms with Gasteiger partial charge >= 0.3 is 0 Å². The average Bonchev–Trinajstić information content (AvgIpc) is 3.63. The summed E-state index contributed by atoms with van der Waals surface area (Å²) < 4.78 is 16.4. The fraction of sp³-hybridized carbons (Fsp3) is 0.682. The van der Waals surface area contributed by atoms with Crippen LogP contribution in [-0.4, -0.2) is 140 Å². The van der Waals surface area contributed by atoms with Crippen molar-refractivity contribution in [2.75, 3.05) is 59.3 Å². The van der Waals surface area contributed by atoms with Crippen molar-refractivity contribution in [1.29, 1.82) is 0 Å². The highest BCUT2D eigenvalue weighted by atomic mass is 16.5. The van der Waals surface area contributed by atoms with Gasteiger partial charge in [-0.05, 0) is 50.3 Å². The van der Waals surface area contributed by atoms with Crippen LogP contribution >= 0.6 is 0 Å². The molecule has 17 nitrogen and oxygen atoms in total. The van der Waals surface area contributed by atoms with E-state index >= 15 is 0 Å². The van der Waals surface area contributed by atoms with E-state index in [-0.39, 0.29) is 44.9 Å². The molecule has 6 atom stereocenters. The molecular formula is C44H72N6O11. The van der Waals surface area contributed by atoms with E-state index in [0.717, 1.165) is 23.0 Å². The van der Waals surface area contributed by atoms with Gasteiger partial charge in [0.2, 0.25) is 17.7 Å². The van der Waals surface area contributed by atoms with E-state index < -0.39 is 90.7 Å². The van der Waals surface area contributed by atoms with Crippen molar-refractivity contribution in [2.24, 2.45) is 23.5 Å². The lowest BCUT2D eigenvalue weighted by Crippen LogP contribution is -2.51.